The first-order valence-corrected chi connectivity index (χ1v) is 8.42. The number of hydrogen-bond donors (Lipinski definition) is 1. The molecule has 2 bridgehead atoms. The highest BCUT2D eigenvalue weighted by Gasteiger charge is 2.34. The Balaban J connectivity index is 1.70. The molecule has 21 heavy (non-hydrogen) atoms. The molecule has 3 heterocycles. The third kappa shape index (κ3) is 3.24. The molecule has 0 aliphatic carbocycles. The third-order valence-corrected chi connectivity index (χ3v) is 5.13. The number of piperidine rings is 3. The Morgan fingerprint density at radius 2 is 2.19 bits per heavy atom. The molecule has 0 aromatic heterocycles. The highest BCUT2D eigenvalue weighted by Crippen LogP contribution is 2.32. The lowest BCUT2D eigenvalue weighted by Crippen LogP contribution is -2.53. The van der Waals surface area contributed by atoms with Gasteiger partial charge in [-0.15, -0.1) is 0 Å². The fraction of sp³-hybridized carbons (Fsp3) is 0.562. The molecule has 4 rings (SSSR count). The van der Waals surface area contributed by atoms with Crippen molar-refractivity contribution >= 4 is 27.6 Å². The minimum absolute atomic E-state index is 0.271. The molecule has 1 atom stereocenters. The number of carbonyl (C=O) groups excluding carboxylic acids is 1. The molecule has 3 saturated heterocycles. The smallest absolute Gasteiger partial charge is 0.338 e. The van der Waals surface area contributed by atoms with Gasteiger partial charge in [0.25, 0.3) is 0 Å². The summed E-state index contributed by atoms with van der Waals surface area (Å²) in [6.45, 7) is 5.82. The van der Waals surface area contributed by atoms with Crippen LogP contribution in [0.5, 0.6) is 0 Å². The minimum atomic E-state index is -0.271. The molecule has 0 spiro atoms. The van der Waals surface area contributed by atoms with E-state index < -0.39 is 0 Å². The van der Waals surface area contributed by atoms with E-state index in [1.165, 1.54) is 25.9 Å². The number of carbonyl (C=O) groups is 1. The lowest BCUT2D eigenvalue weighted by molar-refractivity contribution is 0.0526. The van der Waals surface area contributed by atoms with Crippen LogP contribution in [0.1, 0.15) is 30.1 Å². The van der Waals surface area contributed by atoms with Crippen molar-refractivity contribution in [1.29, 1.82) is 0 Å². The van der Waals surface area contributed by atoms with Crippen LogP contribution in [0.2, 0.25) is 0 Å². The first-order chi connectivity index (χ1) is 10.2. The first kappa shape index (κ1) is 14.9. The van der Waals surface area contributed by atoms with Gasteiger partial charge in [-0.05, 0) is 72.9 Å². The minimum Gasteiger partial charge on any atom is -0.462 e. The second-order valence-corrected chi connectivity index (χ2v) is 6.66. The van der Waals surface area contributed by atoms with Gasteiger partial charge in [-0.25, -0.2) is 4.79 Å². The molecular formula is C16H21BrN2O2. The zero-order valence-corrected chi connectivity index (χ0v) is 13.9. The van der Waals surface area contributed by atoms with Crippen molar-refractivity contribution in [2.24, 2.45) is 5.92 Å². The van der Waals surface area contributed by atoms with Gasteiger partial charge in [0.05, 0.1) is 12.2 Å². The lowest BCUT2D eigenvalue weighted by Gasteiger charge is -2.45. The number of hydrogen-bond acceptors (Lipinski definition) is 4. The molecule has 3 aliphatic heterocycles. The topological polar surface area (TPSA) is 41.6 Å². The summed E-state index contributed by atoms with van der Waals surface area (Å²) >= 11 is 3.56. The molecule has 0 radical (unpaired) electrons. The number of fused-ring (bicyclic) bond motifs is 3. The van der Waals surface area contributed by atoms with Gasteiger partial charge in [-0.3, -0.25) is 0 Å². The Morgan fingerprint density at radius 1 is 1.43 bits per heavy atom. The maximum Gasteiger partial charge on any atom is 0.338 e. The van der Waals surface area contributed by atoms with E-state index in [1.807, 2.05) is 25.1 Å². The number of halogens is 1. The molecule has 0 saturated carbocycles. The van der Waals surface area contributed by atoms with Crippen molar-refractivity contribution in [3.63, 3.8) is 0 Å². The van der Waals surface area contributed by atoms with Crippen LogP contribution in [0.25, 0.3) is 0 Å². The summed E-state index contributed by atoms with van der Waals surface area (Å²) in [6, 6.07) is 6.14. The molecule has 1 aromatic carbocycles. The summed E-state index contributed by atoms with van der Waals surface area (Å²) in [7, 11) is 0. The summed E-state index contributed by atoms with van der Waals surface area (Å²) in [4.78, 5) is 14.3. The molecular weight excluding hydrogens is 332 g/mol. The van der Waals surface area contributed by atoms with Gasteiger partial charge in [0.15, 0.2) is 0 Å². The number of nitrogens with zero attached hydrogens (tertiary/aromatic N) is 1. The fourth-order valence-corrected chi connectivity index (χ4v) is 3.80. The molecule has 114 valence electrons. The van der Waals surface area contributed by atoms with E-state index in [-0.39, 0.29) is 5.97 Å². The van der Waals surface area contributed by atoms with Gasteiger partial charge < -0.3 is 15.0 Å². The number of nitrogens with one attached hydrogen (secondary N) is 1. The van der Waals surface area contributed by atoms with Gasteiger partial charge in [0, 0.05) is 22.7 Å². The molecule has 5 heteroatoms. The van der Waals surface area contributed by atoms with Crippen molar-refractivity contribution < 1.29 is 9.53 Å². The number of esters is 1. The van der Waals surface area contributed by atoms with Crippen LogP contribution in [0.4, 0.5) is 5.69 Å². The fourth-order valence-electron chi connectivity index (χ4n) is 3.30. The van der Waals surface area contributed by atoms with Gasteiger partial charge in [-0.1, -0.05) is 0 Å². The Morgan fingerprint density at radius 3 is 2.76 bits per heavy atom. The standard InChI is InChI=1S/C16H21BrN2O2/c1-2-21-16(20)12-3-4-14(13(17)9-12)18-15-10-19-7-5-11(15)6-8-19/h3-4,9,11,15,18H,2,5-8,10H2,1H3. The molecule has 4 nitrogen and oxygen atoms in total. The van der Waals surface area contributed by atoms with Crippen LogP contribution in [0.3, 0.4) is 0 Å². The van der Waals surface area contributed by atoms with Crippen molar-refractivity contribution in [3.8, 4) is 0 Å². The second kappa shape index (κ2) is 6.36. The lowest BCUT2D eigenvalue weighted by atomic mass is 9.84. The number of anilines is 1. The molecule has 1 N–H and O–H groups in total. The monoisotopic (exact) mass is 352 g/mol. The van der Waals surface area contributed by atoms with Gasteiger partial charge in [-0.2, -0.15) is 0 Å². The predicted octanol–water partition coefficient (Wildman–Crippen LogP) is 3.13. The summed E-state index contributed by atoms with van der Waals surface area (Å²) in [5.41, 5.74) is 1.64. The largest absolute Gasteiger partial charge is 0.462 e. The summed E-state index contributed by atoms with van der Waals surface area (Å²) < 4.78 is 5.95. The quantitative estimate of drug-likeness (QED) is 0.845. The second-order valence-electron chi connectivity index (χ2n) is 5.80. The highest BCUT2D eigenvalue weighted by molar-refractivity contribution is 9.10. The van der Waals surface area contributed by atoms with Gasteiger partial charge in [0.2, 0.25) is 0 Å². The Kier molecular flexibility index (Phi) is 4.50. The van der Waals surface area contributed by atoms with E-state index in [0.717, 1.165) is 22.6 Å². The predicted molar refractivity (Wildman–Crippen MR) is 86.7 cm³/mol. The Bertz CT molecular complexity index is 527. The summed E-state index contributed by atoms with van der Waals surface area (Å²) in [5.74, 6) is 0.499. The van der Waals surface area contributed by atoms with E-state index in [2.05, 4.69) is 26.1 Å². The average molecular weight is 353 g/mol. The van der Waals surface area contributed by atoms with E-state index in [9.17, 15) is 4.79 Å². The van der Waals surface area contributed by atoms with Crippen molar-refractivity contribution in [1.82, 2.24) is 4.90 Å². The average Bonchev–Trinajstić information content (AvgIpc) is 2.51. The normalized spacial score (nSPS) is 27.4. The molecule has 1 aromatic rings. The van der Waals surface area contributed by atoms with Gasteiger partial charge in [0.1, 0.15) is 0 Å². The molecule has 0 amide bonds. The van der Waals surface area contributed by atoms with Crippen molar-refractivity contribution in [2.45, 2.75) is 25.8 Å². The zero-order chi connectivity index (χ0) is 14.8. The molecule has 1 unspecified atom stereocenters. The van der Waals surface area contributed by atoms with Crippen LogP contribution in [-0.4, -0.2) is 43.2 Å². The van der Waals surface area contributed by atoms with Crippen LogP contribution in [0, 0.1) is 5.92 Å². The van der Waals surface area contributed by atoms with E-state index in [0.29, 0.717) is 18.2 Å². The van der Waals surface area contributed by atoms with Gasteiger partial charge >= 0.3 is 5.97 Å². The van der Waals surface area contributed by atoms with Crippen LogP contribution in [0.15, 0.2) is 22.7 Å². The third-order valence-electron chi connectivity index (χ3n) is 4.48. The van der Waals surface area contributed by atoms with Crippen molar-refractivity contribution in [3.05, 3.63) is 28.2 Å². The zero-order valence-electron chi connectivity index (χ0n) is 12.3. The van der Waals surface area contributed by atoms with Crippen LogP contribution in [-0.2, 0) is 4.74 Å². The Labute approximate surface area is 134 Å². The summed E-state index contributed by atoms with van der Waals surface area (Å²) in [5, 5.41) is 3.64. The van der Waals surface area contributed by atoms with E-state index >= 15 is 0 Å². The van der Waals surface area contributed by atoms with Crippen molar-refractivity contribution in [2.75, 3.05) is 31.6 Å². The maximum absolute atomic E-state index is 11.7. The maximum atomic E-state index is 11.7. The summed E-state index contributed by atoms with van der Waals surface area (Å²) in [6.07, 6.45) is 2.58. The first-order valence-electron chi connectivity index (χ1n) is 7.63. The Hall–Kier alpha value is -1.07. The van der Waals surface area contributed by atoms with Crippen LogP contribution >= 0.6 is 15.9 Å². The highest BCUT2D eigenvalue weighted by atomic mass is 79.9. The number of ether oxygens (including phenoxy) is 1. The number of rotatable bonds is 4. The number of benzene rings is 1. The van der Waals surface area contributed by atoms with Crippen LogP contribution < -0.4 is 5.32 Å². The molecule has 3 fully saturated rings. The van der Waals surface area contributed by atoms with E-state index in [1.54, 1.807) is 0 Å². The SMILES string of the molecule is CCOC(=O)c1ccc(NC2CN3CCC2CC3)c(Br)c1. The van der Waals surface area contributed by atoms with E-state index in [4.69, 9.17) is 4.74 Å². The molecule has 3 aliphatic rings.